The predicted octanol–water partition coefficient (Wildman–Crippen LogP) is 1.84. The van der Waals surface area contributed by atoms with Crippen LogP contribution >= 0.6 is 24.0 Å². The molecule has 3 heteroatoms. The van der Waals surface area contributed by atoms with Gasteiger partial charge in [-0.15, -0.1) is 11.8 Å². The summed E-state index contributed by atoms with van der Waals surface area (Å²) in [5, 5.41) is 9.06. The van der Waals surface area contributed by atoms with Gasteiger partial charge in [0.2, 0.25) is 0 Å². The fourth-order valence-electron chi connectivity index (χ4n) is 0.420. The van der Waals surface area contributed by atoms with E-state index in [1.165, 1.54) is 11.8 Å². The molecule has 0 aliphatic heterocycles. The molecular weight excluding hydrogens is 152 g/mol. The second kappa shape index (κ2) is 5.21. The van der Waals surface area contributed by atoms with Crippen LogP contribution in [0.2, 0.25) is 0 Å². The van der Waals surface area contributed by atoms with Gasteiger partial charge in [-0.2, -0.15) is 0 Å². The average molecular weight is 164 g/mol. The van der Waals surface area contributed by atoms with Crippen molar-refractivity contribution in [3.8, 4) is 0 Å². The van der Waals surface area contributed by atoms with E-state index >= 15 is 0 Å². The number of thioether (sulfide) groups is 1. The molecule has 0 aliphatic carbocycles. The van der Waals surface area contributed by atoms with E-state index in [0.29, 0.717) is 6.42 Å². The molecule has 0 radical (unpaired) electrons. The summed E-state index contributed by atoms with van der Waals surface area (Å²) in [6.07, 6.45) is 3.16. The monoisotopic (exact) mass is 164 g/mol. The largest absolute Gasteiger partial charge is 0.393 e. The quantitative estimate of drug-likeness (QED) is 0.643. The molecule has 0 aromatic carbocycles. The van der Waals surface area contributed by atoms with E-state index in [4.69, 9.17) is 17.3 Å². The Morgan fingerprint density at radius 3 is 2.67 bits per heavy atom. The third-order valence-electron chi connectivity index (χ3n) is 1.10. The Balaban J connectivity index is 3.34. The summed E-state index contributed by atoms with van der Waals surface area (Å²) in [6, 6.07) is 0. The molecule has 1 nitrogen and oxygen atoms in total. The van der Waals surface area contributed by atoms with Crippen LogP contribution in [0, 0.1) is 0 Å². The van der Waals surface area contributed by atoms with Crippen LogP contribution in [0.25, 0.3) is 0 Å². The van der Waals surface area contributed by atoms with Crippen LogP contribution in [-0.2, 0) is 0 Å². The van der Waals surface area contributed by atoms with Crippen LogP contribution in [0.15, 0.2) is 0 Å². The molecule has 0 aromatic heterocycles. The highest BCUT2D eigenvalue weighted by Crippen LogP contribution is 2.07. The summed E-state index contributed by atoms with van der Waals surface area (Å²) in [5.41, 5.74) is 0. The summed E-state index contributed by atoms with van der Waals surface area (Å²) in [7, 11) is 0. The molecule has 1 atom stereocenters. The first-order chi connectivity index (χ1) is 4.20. The fraction of sp³-hybridized carbons (Fsp3) is 0.833. The van der Waals surface area contributed by atoms with Crippen molar-refractivity contribution in [1.82, 2.24) is 0 Å². The van der Waals surface area contributed by atoms with E-state index in [0.717, 1.165) is 10.6 Å². The van der Waals surface area contributed by atoms with Crippen molar-refractivity contribution in [1.29, 1.82) is 0 Å². The van der Waals surface area contributed by atoms with Crippen molar-refractivity contribution in [2.24, 2.45) is 0 Å². The molecule has 0 bridgehead atoms. The lowest BCUT2D eigenvalue weighted by atomic mass is 10.2. The van der Waals surface area contributed by atoms with Gasteiger partial charge in [0.1, 0.15) is 0 Å². The van der Waals surface area contributed by atoms with Crippen LogP contribution in [0.5, 0.6) is 0 Å². The first kappa shape index (κ1) is 9.40. The van der Waals surface area contributed by atoms with Gasteiger partial charge in [-0.25, -0.2) is 0 Å². The zero-order valence-corrected chi connectivity index (χ0v) is 7.39. The van der Waals surface area contributed by atoms with Crippen molar-refractivity contribution in [3.63, 3.8) is 0 Å². The molecule has 0 amide bonds. The van der Waals surface area contributed by atoms with E-state index in [1.807, 2.05) is 13.2 Å². The Kier molecular flexibility index (Phi) is 5.44. The first-order valence-corrected chi connectivity index (χ1v) is 4.58. The minimum atomic E-state index is -0.232. The third-order valence-corrected chi connectivity index (χ3v) is 2.39. The molecule has 0 saturated heterocycles. The Hall–Kier alpha value is 0.400. The second-order valence-electron chi connectivity index (χ2n) is 1.84. The number of hydrogen-bond acceptors (Lipinski definition) is 3. The molecule has 1 N–H and O–H groups in total. The van der Waals surface area contributed by atoms with E-state index in [9.17, 15) is 0 Å². The van der Waals surface area contributed by atoms with Crippen molar-refractivity contribution >= 4 is 28.2 Å². The lowest BCUT2D eigenvalue weighted by Gasteiger charge is -2.05. The van der Waals surface area contributed by atoms with Crippen molar-refractivity contribution in [2.75, 3.05) is 6.26 Å². The minimum absolute atomic E-state index is 0.232. The SMILES string of the molecule is CCC(O)CC(=S)SC. The normalized spacial score (nSPS) is 13.2. The van der Waals surface area contributed by atoms with E-state index in [2.05, 4.69) is 0 Å². The van der Waals surface area contributed by atoms with E-state index < -0.39 is 0 Å². The Morgan fingerprint density at radius 2 is 2.33 bits per heavy atom. The van der Waals surface area contributed by atoms with E-state index in [1.54, 1.807) is 0 Å². The molecule has 54 valence electrons. The Morgan fingerprint density at radius 1 is 1.78 bits per heavy atom. The van der Waals surface area contributed by atoms with Gasteiger partial charge in [-0.1, -0.05) is 19.1 Å². The highest BCUT2D eigenvalue weighted by atomic mass is 32.2. The molecule has 0 spiro atoms. The maximum Gasteiger partial charge on any atom is 0.0591 e. The summed E-state index contributed by atoms with van der Waals surface area (Å²) < 4.78 is 0.893. The number of thiocarbonyl (C=S) groups is 1. The number of hydrogen-bond donors (Lipinski definition) is 1. The molecular formula is C6H12OS2. The first-order valence-electron chi connectivity index (χ1n) is 2.95. The van der Waals surface area contributed by atoms with Crippen LogP contribution in [0.1, 0.15) is 19.8 Å². The van der Waals surface area contributed by atoms with Gasteiger partial charge < -0.3 is 5.11 Å². The molecule has 0 fully saturated rings. The van der Waals surface area contributed by atoms with Crippen LogP contribution < -0.4 is 0 Å². The van der Waals surface area contributed by atoms with Gasteiger partial charge in [0.05, 0.1) is 10.3 Å². The Bertz CT molecular complexity index is 93.1. The smallest absolute Gasteiger partial charge is 0.0591 e. The number of rotatable bonds is 3. The molecule has 0 aliphatic rings. The number of aliphatic hydroxyl groups is 1. The molecule has 0 rings (SSSR count). The van der Waals surface area contributed by atoms with Gasteiger partial charge in [-0.05, 0) is 12.7 Å². The zero-order valence-electron chi connectivity index (χ0n) is 5.76. The predicted molar refractivity (Wildman–Crippen MR) is 47.0 cm³/mol. The standard InChI is InChI=1S/C6H12OS2/c1-3-5(7)4-6(8)9-2/h5,7H,3-4H2,1-2H3. The van der Waals surface area contributed by atoms with Crippen molar-refractivity contribution in [2.45, 2.75) is 25.9 Å². The van der Waals surface area contributed by atoms with Gasteiger partial charge in [0, 0.05) is 6.42 Å². The van der Waals surface area contributed by atoms with Crippen LogP contribution in [0.3, 0.4) is 0 Å². The summed E-state index contributed by atoms with van der Waals surface area (Å²) >= 11 is 6.44. The lowest BCUT2D eigenvalue weighted by Crippen LogP contribution is -2.07. The topological polar surface area (TPSA) is 20.2 Å². The maximum atomic E-state index is 9.06. The summed E-state index contributed by atoms with van der Waals surface area (Å²) in [5.74, 6) is 0. The Labute approximate surface area is 65.8 Å². The van der Waals surface area contributed by atoms with Crippen LogP contribution in [-0.4, -0.2) is 21.7 Å². The number of aliphatic hydroxyl groups excluding tert-OH is 1. The molecule has 1 unspecified atom stereocenters. The zero-order chi connectivity index (χ0) is 7.28. The highest BCUT2D eigenvalue weighted by molar-refractivity contribution is 8.22. The third kappa shape index (κ3) is 4.88. The van der Waals surface area contributed by atoms with Gasteiger partial charge >= 0.3 is 0 Å². The summed E-state index contributed by atoms with van der Waals surface area (Å²) in [6.45, 7) is 1.95. The fourth-order valence-corrected chi connectivity index (χ4v) is 0.971. The molecule has 0 saturated carbocycles. The molecule has 9 heavy (non-hydrogen) atoms. The molecule has 0 aromatic rings. The van der Waals surface area contributed by atoms with Crippen LogP contribution in [0.4, 0.5) is 0 Å². The van der Waals surface area contributed by atoms with Crippen molar-refractivity contribution in [3.05, 3.63) is 0 Å². The van der Waals surface area contributed by atoms with Gasteiger partial charge in [0.25, 0.3) is 0 Å². The van der Waals surface area contributed by atoms with E-state index in [-0.39, 0.29) is 6.10 Å². The van der Waals surface area contributed by atoms with Crippen molar-refractivity contribution < 1.29 is 5.11 Å². The lowest BCUT2D eigenvalue weighted by molar-refractivity contribution is 0.179. The van der Waals surface area contributed by atoms with Gasteiger partial charge in [0.15, 0.2) is 0 Å². The average Bonchev–Trinajstić information content (AvgIpc) is 1.87. The maximum absolute atomic E-state index is 9.06. The highest BCUT2D eigenvalue weighted by Gasteiger charge is 2.02. The minimum Gasteiger partial charge on any atom is -0.393 e. The summed E-state index contributed by atoms with van der Waals surface area (Å²) in [4.78, 5) is 0. The van der Waals surface area contributed by atoms with Gasteiger partial charge in [-0.3, -0.25) is 0 Å². The second-order valence-corrected chi connectivity index (χ2v) is 3.49. The molecule has 0 heterocycles.